The van der Waals surface area contributed by atoms with Crippen molar-refractivity contribution in [1.82, 2.24) is 9.97 Å². The van der Waals surface area contributed by atoms with E-state index in [4.69, 9.17) is 5.73 Å². The molecule has 0 bridgehead atoms. The SMILES string of the molecule is NCC(=O)Nc1nccc(-c2ccccc2)n1. The molecule has 0 aliphatic carbocycles. The number of aromatic nitrogens is 2. The minimum Gasteiger partial charge on any atom is -0.322 e. The van der Waals surface area contributed by atoms with Crippen molar-refractivity contribution in [1.29, 1.82) is 0 Å². The molecule has 1 aromatic heterocycles. The zero-order valence-electron chi connectivity index (χ0n) is 9.13. The van der Waals surface area contributed by atoms with Gasteiger partial charge in [0.15, 0.2) is 0 Å². The van der Waals surface area contributed by atoms with Crippen molar-refractivity contribution < 1.29 is 4.79 Å². The Kier molecular flexibility index (Phi) is 3.42. The topological polar surface area (TPSA) is 80.9 Å². The van der Waals surface area contributed by atoms with Crippen LogP contribution < -0.4 is 11.1 Å². The molecule has 0 saturated carbocycles. The van der Waals surface area contributed by atoms with Gasteiger partial charge in [0.05, 0.1) is 12.2 Å². The van der Waals surface area contributed by atoms with E-state index in [0.717, 1.165) is 11.3 Å². The second kappa shape index (κ2) is 5.18. The summed E-state index contributed by atoms with van der Waals surface area (Å²) in [5, 5.41) is 2.52. The molecule has 0 atom stereocenters. The molecule has 3 N–H and O–H groups in total. The quantitative estimate of drug-likeness (QED) is 0.822. The van der Waals surface area contributed by atoms with Crippen LogP contribution in [-0.2, 0) is 4.79 Å². The number of nitrogens with one attached hydrogen (secondary N) is 1. The summed E-state index contributed by atoms with van der Waals surface area (Å²) in [6, 6.07) is 11.5. The highest BCUT2D eigenvalue weighted by molar-refractivity contribution is 5.90. The first-order valence-electron chi connectivity index (χ1n) is 5.18. The molecule has 1 aromatic carbocycles. The highest BCUT2D eigenvalue weighted by Gasteiger charge is 2.04. The van der Waals surface area contributed by atoms with E-state index in [1.165, 1.54) is 0 Å². The number of benzene rings is 1. The smallest absolute Gasteiger partial charge is 0.240 e. The molecular formula is C12H12N4O. The van der Waals surface area contributed by atoms with Crippen LogP contribution in [0.4, 0.5) is 5.95 Å². The monoisotopic (exact) mass is 228 g/mol. The van der Waals surface area contributed by atoms with Crippen molar-refractivity contribution in [2.24, 2.45) is 5.73 Å². The summed E-state index contributed by atoms with van der Waals surface area (Å²) >= 11 is 0. The third kappa shape index (κ3) is 2.85. The first-order valence-corrected chi connectivity index (χ1v) is 5.18. The number of anilines is 1. The Morgan fingerprint density at radius 1 is 1.24 bits per heavy atom. The fraction of sp³-hybridized carbons (Fsp3) is 0.0833. The zero-order valence-corrected chi connectivity index (χ0v) is 9.13. The van der Waals surface area contributed by atoms with Gasteiger partial charge < -0.3 is 5.73 Å². The molecule has 0 aliphatic heterocycles. The van der Waals surface area contributed by atoms with Gasteiger partial charge in [-0.05, 0) is 6.07 Å². The van der Waals surface area contributed by atoms with Gasteiger partial charge in [0, 0.05) is 11.8 Å². The van der Waals surface area contributed by atoms with Crippen molar-refractivity contribution >= 4 is 11.9 Å². The second-order valence-corrected chi connectivity index (χ2v) is 3.38. The van der Waals surface area contributed by atoms with Crippen molar-refractivity contribution in [2.45, 2.75) is 0 Å². The van der Waals surface area contributed by atoms with E-state index in [0.29, 0.717) is 0 Å². The Balaban J connectivity index is 2.26. The van der Waals surface area contributed by atoms with Gasteiger partial charge >= 0.3 is 0 Å². The molecule has 0 unspecified atom stereocenters. The van der Waals surface area contributed by atoms with Crippen LogP contribution in [0.15, 0.2) is 42.6 Å². The summed E-state index contributed by atoms with van der Waals surface area (Å²) < 4.78 is 0. The van der Waals surface area contributed by atoms with E-state index in [9.17, 15) is 4.79 Å². The Labute approximate surface area is 98.7 Å². The molecule has 5 heteroatoms. The van der Waals surface area contributed by atoms with Crippen LogP contribution in [0.1, 0.15) is 0 Å². The average Bonchev–Trinajstić information content (AvgIpc) is 2.40. The standard InChI is InChI=1S/C12H12N4O/c13-8-11(17)16-12-14-7-6-10(15-12)9-4-2-1-3-5-9/h1-7H,8,13H2,(H,14,15,16,17). The minimum atomic E-state index is -0.310. The highest BCUT2D eigenvalue weighted by Crippen LogP contribution is 2.16. The molecule has 86 valence electrons. The van der Waals surface area contributed by atoms with E-state index >= 15 is 0 Å². The van der Waals surface area contributed by atoms with Gasteiger partial charge in [0.25, 0.3) is 0 Å². The third-order valence-electron chi connectivity index (χ3n) is 2.16. The lowest BCUT2D eigenvalue weighted by Crippen LogP contribution is -2.23. The van der Waals surface area contributed by atoms with Crippen LogP contribution in [0.5, 0.6) is 0 Å². The van der Waals surface area contributed by atoms with E-state index in [-0.39, 0.29) is 18.4 Å². The summed E-state index contributed by atoms with van der Waals surface area (Å²) in [4.78, 5) is 19.3. The molecule has 2 aromatic rings. The van der Waals surface area contributed by atoms with Gasteiger partial charge in [-0.15, -0.1) is 0 Å². The normalized spacial score (nSPS) is 9.94. The molecule has 1 amide bonds. The number of carbonyl (C=O) groups is 1. The van der Waals surface area contributed by atoms with E-state index in [1.54, 1.807) is 12.3 Å². The van der Waals surface area contributed by atoms with Crippen LogP contribution in [0.2, 0.25) is 0 Å². The first-order chi connectivity index (χ1) is 8.29. The number of amides is 1. The van der Waals surface area contributed by atoms with E-state index < -0.39 is 0 Å². The number of hydrogen-bond acceptors (Lipinski definition) is 4. The van der Waals surface area contributed by atoms with Gasteiger partial charge in [-0.3, -0.25) is 10.1 Å². The van der Waals surface area contributed by atoms with E-state index in [1.807, 2.05) is 30.3 Å². The molecule has 17 heavy (non-hydrogen) atoms. The predicted molar refractivity (Wildman–Crippen MR) is 65.2 cm³/mol. The molecule has 1 heterocycles. The maximum atomic E-state index is 11.1. The minimum absolute atomic E-state index is 0.0844. The summed E-state index contributed by atoms with van der Waals surface area (Å²) in [5.41, 5.74) is 6.93. The van der Waals surface area contributed by atoms with Gasteiger partial charge in [0.1, 0.15) is 0 Å². The lowest BCUT2D eigenvalue weighted by Gasteiger charge is -2.04. The molecule has 0 fully saturated rings. The van der Waals surface area contributed by atoms with Gasteiger partial charge in [0.2, 0.25) is 11.9 Å². The number of rotatable bonds is 3. The Morgan fingerprint density at radius 3 is 2.71 bits per heavy atom. The molecule has 0 radical (unpaired) electrons. The van der Waals surface area contributed by atoms with Crippen LogP contribution in [0.3, 0.4) is 0 Å². The maximum absolute atomic E-state index is 11.1. The fourth-order valence-electron chi connectivity index (χ4n) is 1.36. The fourth-order valence-corrected chi connectivity index (χ4v) is 1.36. The van der Waals surface area contributed by atoms with Crippen LogP contribution in [0, 0.1) is 0 Å². The molecule has 0 spiro atoms. The number of nitrogens with two attached hydrogens (primary N) is 1. The van der Waals surface area contributed by atoms with Gasteiger partial charge in [-0.2, -0.15) is 0 Å². The molecule has 5 nitrogen and oxygen atoms in total. The Bertz CT molecular complexity index is 513. The summed E-state index contributed by atoms with van der Waals surface area (Å²) in [6.07, 6.45) is 1.60. The average molecular weight is 228 g/mol. The zero-order chi connectivity index (χ0) is 12.1. The van der Waals surface area contributed by atoms with Crippen molar-refractivity contribution in [3.63, 3.8) is 0 Å². The van der Waals surface area contributed by atoms with Gasteiger partial charge in [-0.1, -0.05) is 30.3 Å². The lowest BCUT2D eigenvalue weighted by atomic mass is 10.1. The van der Waals surface area contributed by atoms with Crippen LogP contribution >= 0.6 is 0 Å². The van der Waals surface area contributed by atoms with Crippen LogP contribution in [0.25, 0.3) is 11.3 Å². The summed E-state index contributed by atoms with van der Waals surface area (Å²) in [6.45, 7) is -0.0844. The predicted octanol–water partition coefficient (Wildman–Crippen LogP) is 1.04. The number of hydrogen-bond donors (Lipinski definition) is 2. The van der Waals surface area contributed by atoms with E-state index in [2.05, 4.69) is 15.3 Å². The van der Waals surface area contributed by atoms with Crippen molar-refractivity contribution in [2.75, 3.05) is 11.9 Å². The van der Waals surface area contributed by atoms with Crippen molar-refractivity contribution in [3.8, 4) is 11.3 Å². The molecule has 0 aliphatic rings. The Hall–Kier alpha value is -2.27. The molecule has 0 saturated heterocycles. The highest BCUT2D eigenvalue weighted by atomic mass is 16.1. The Morgan fingerprint density at radius 2 is 2.00 bits per heavy atom. The number of carbonyl (C=O) groups excluding carboxylic acids is 1. The summed E-state index contributed by atoms with van der Waals surface area (Å²) in [5.74, 6) is -0.0444. The molecular weight excluding hydrogens is 216 g/mol. The van der Waals surface area contributed by atoms with Crippen molar-refractivity contribution in [3.05, 3.63) is 42.6 Å². The molecule has 2 rings (SSSR count). The lowest BCUT2D eigenvalue weighted by molar-refractivity contribution is -0.114. The largest absolute Gasteiger partial charge is 0.322 e. The second-order valence-electron chi connectivity index (χ2n) is 3.38. The maximum Gasteiger partial charge on any atom is 0.240 e. The van der Waals surface area contributed by atoms with Gasteiger partial charge in [-0.25, -0.2) is 9.97 Å². The number of nitrogens with zero attached hydrogens (tertiary/aromatic N) is 2. The first kappa shape index (κ1) is 11.2. The summed E-state index contributed by atoms with van der Waals surface area (Å²) in [7, 11) is 0. The van der Waals surface area contributed by atoms with Crippen LogP contribution in [-0.4, -0.2) is 22.4 Å². The third-order valence-corrected chi connectivity index (χ3v) is 2.16.